The Kier molecular flexibility index (Phi) is 10.3. The molecule has 0 amide bonds. The Morgan fingerprint density at radius 3 is 2.33 bits per heavy atom. The Labute approximate surface area is 88.3 Å². The zero-order chi connectivity index (χ0) is 12.3. The van der Waals surface area contributed by atoms with Crippen LogP contribution in [-0.4, -0.2) is 23.7 Å². The van der Waals surface area contributed by atoms with E-state index < -0.39 is 11.9 Å². The molecule has 1 N–H and O–H groups in total. The van der Waals surface area contributed by atoms with Gasteiger partial charge in [-0.05, 0) is 6.92 Å². The van der Waals surface area contributed by atoms with Crippen molar-refractivity contribution in [1.82, 2.24) is 0 Å². The second kappa shape index (κ2) is 9.99. The van der Waals surface area contributed by atoms with E-state index in [1.54, 1.807) is 6.92 Å². The zero-order valence-electron chi connectivity index (χ0n) is 8.52. The number of carboxylic acid groups (broad SMARTS) is 1. The number of aliphatic carboxylic acids is 1. The Balaban J connectivity index is 0. The molecule has 0 atom stereocenters. The van der Waals surface area contributed by atoms with E-state index in [1.807, 2.05) is 6.07 Å². The maximum Gasteiger partial charge on any atom is 0.333 e. The van der Waals surface area contributed by atoms with Crippen molar-refractivity contribution in [1.29, 1.82) is 5.26 Å². The van der Waals surface area contributed by atoms with Crippen molar-refractivity contribution in [3.63, 3.8) is 0 Å². The van der Waals surface area contributed by atoms with Crippen LogP contribution in [0.15, 0.2) is 24.8 Å². The van der Waals surface area contributed by atoms with Gasteiger partial charge in [-0.25, -0.2) is 9.59 Å². The van der Waals surface area contributed by atoms with Crippen LogP contribution < -0.4 is 0 Å². The maximum absolute atomic E-state index is 10.6. The van der Waals surface area contributed by atoms with Crippen LogP contribution in [-0.2, 0) is 14.3 Å². The van der Waals surface area contributed by atoms with E-state index in [4.69, 9.17) is 10.4 Å². The van der Waals surface area contributed by atoms with Crippen LogP contribution in [0.25, 0.3) is 0 Å². The monoisotopic (exact) mass is 211 g/mol. The van der Waals surface area contributed by atoms with Crippen molar-refractivity contribution in [2.45, 2.75) is 13.3 Å². The normalized spacial score (nSPS) is 7.47. The minimum Gasteiger partial charge on any atom is -0.478 e. The molecule has 5 heteroatoms. The quantitative estimate of drug-likeness (QED) is 0.430. The summed E-state index contributed by atoms with van der Waals surface area (Å²) in [5, 5.41) is 15.7. The third-order valence-corrected chi connectivity index (χ3v) is 0.970. The fraction of sp³-hybridized carbons (Fsp3) is 0.300. The number of rotatable bonds is 4. The molecule has 0 radical (unpaired) electrons. The first-order valence-electron chi connectivity index (χ1n) is 4.00. The number of hydrogen-bond donors (Lipinski definition) is 1. The van der Waals surface area contributed by atoms with Crippen LogP contribution in [0.5, 0.6) is 0 Å². The van der Waals surface area contributed by atoms with Crippen molar-refractivity contribution in [3.05, 3.63) is 24.8 Å². The van der Waals surface area contributed by atoms with Gasteiger partial charge in [-0.2, -0.15) is 5.26 Å². The van der Waals surface area contributed by atoms with E-state index in [2.05, 4.69) is 17.9 Å². The molecule has 0 fully saturated rings. The Morgan fingerprint density at radius 2 is 2.07 bits per heavy atom. The second-order valence-electron chi connectivity index (χ2n) is 2.37. The average molecular weight is 211 g/mol. The number of carbonyl (C=O) groups is 2. The Bertz CT molecular complexity index is 288. The van der Waals surface area contributed by atoms with Gasteiger partial charge in [0.25, 0.3) is 0 Å². The van der Waals surface area contributed by atoms with E-state index >= 15 is 0 Å². The number of nitriles is 1. The predicted octanol–water partition coefficient (Wildman–Crippen LogP) is 1.28. The number of hydrogen-bond acceptors (Lipinski definition) is 4. The van der Waals surface area contributed by atoms with Crippen molar-refractivity contribution < 1.29 is 19.4 Å². The lowest BCUT2D eigenvalue weighted by molar-refractivity contribution is -0.138. The van der Waals surface area contributed by atoms with Crippen molar-refractivity contribution >= 4 is 11.9 Å². The molecule has 0 saturated carbocycles. The summed E-state index contributed by atoms with van der Waals surface area (Å²) >= 11 is 0. The van der Waals surface area contributed by atoms with Crippen LogP contribution in [0, 0.1) is 11.3 Å². The molecule has 15 heavy (non-hydrogen) atoms. The van der Waals surface area contributed by atoms with Crippen molar-refractivity contribution in [2.24, 2.45) is 0 Å². The van der Waals surface area contributed by atoms with Gasteiger partial charge in [-0.3, -0.25) is 0 Å². The highest BCUT2D eigenvalue weighted by Crippen LogP contribution is 1.91. The fourth-order valence-electron chi connectivity index (χ4n) is 0.313. The third kappa shape index (κ3) is 14.7. The maximum atomic E-state index is 10.6. The molecule has 0 aromatic heterocycles. The molecule has 0 aliphatic heterocycles. The largest absolute Gasteiger partial charge is 0.478 e. The van der Waals surface area contributed by atoms with Crippen molar-refractivity contribution in [3.8, 4) is 6.07 Å². The first kappa shape index (κ1) is 15.4. The van der Waals surface area contributed by atoms with Gasteiger partial charge in [-0.1, -0.05) is 13.2 Å². The lowest BCUT2D eigenvalue weighted by Gasteiger charge is -1.98. The first-order chi connectivity index (χ1) is 6.95. The molecule has 0 aromatic carbocycles. The van der Waals surface area contributed by atoms with Gasteiger partial charge in [0.15, 0.2) is 0 Å². The minimum absolute atomic E-state index is 0.155. The second-order valence-corrected chi connectivity index (χ2v) is 2.37. The summed E-state index contributed by atoms with van der Waals surface area (Å²) in [5.74, 6) is -1.42. The third-order valence-electron chi connectivity index (χ3n) is 0.970. The first-order valence-corrected chi connectivity index (χ1v) is 4.00. The molecular weight excluding hydrogens is 198 g/mol. The van der Waals surface area contributed by atoms with Crippen LogP contribution in [0.3, 0.4) is 0 Å². The summed E-state index contributed by atoms with van der Waals surface area (Å²) in [4.78, 5) is 19.8. The van der Waals surface area contributed by atoms with Gasteiger partial charge in [-0.15, -0.1) is 0 Å². The molecule has 0 rings (SSSR count). The van der Waals surface area contributed by atoms with E-state index in [-0.39, 0.29) is 13.0 Å². The summed E-state index contributed by atoms with van der Waals surface area (Å²) in [6, 6.07) is 1.86. The summed E-state index contributed by atoms with van der Waals surface area (Å²) in [6.45, 7) is 8.06. The number of esters is 1. The highest BCUT2D eigenvalue weighted by Gasteiger charge is 2.00. The standard InChI is InChI=1S/C7H9NO2.C3H4O2/c1-6(2)7(9)10-5-3-4-8;1-2-3(4)5/h1,3,5H2,2H3;2H,1H2,(H,4,5). The topological polar surface area (TPSA) is 87.4 Å². The fourth-order valence-corrected chi connectivity index (χ4v) is 0.313. The SMILES string of the molecule is C=C(C)C(=O)OCCC#N.C=CC(=O)O. The molecule has 0 saturated heterocycles. The molecule has 0 aromatic rings. The molecule has 0 aliphatic carbocycles. The van der Waals surface area contributed by atoms with E-state index in [9.17, 15) is 9.59 Å². The lowest BCUT2D eigenvalue weighted by atomic mass is 10.4. The molecule has 0 aliphatic rings. The number of carboxylic acids is 1. The van der Waals surface area contributed by atoms with E-state index in [0.717, 1.165) is 6.08 Å². The van der Waals surface area contributed by atoms with Gasteiger partial charge in [0.1, 0.15) is 6.61 Å². The summed E-state index contributed by atoms with van der Waals surface area (Å²) in [7, 11) is 0. The predicted molar refractivity (Wildman–Crippen MR) is 53.8 cm³/mol. The minimum atomic E-state index is -0.981. The van der Waals surface area contributed by atoms with E-state index in [1.165, 1.54) is 0 Å². The highest BCUT2D eigenvalue weighted by molar-refractivity contribution is 5.86. The molecule has 0 bridgehead atoms. The van der Waals surface area contributed by atoms with E-state index in [0.29, 0.717) is 5.57 Å². The summed E-state index contributed by atoms with van der Waals surface area (Å²) in [5.41, 5.74) is 0.359. The lowest BCUT2D eigenvalue weighted by Crippen LogP contribution is -2.05. The molecule has 0 heterocycles. The average Bonchev–Trinajstić information content (AvgIpc) is 2.18. The van der Waals surface area contributed by atoms with Crippen LogP contribution in [0.2, 0.25) is 0 Å². The Morgan fingerprint density at radius 1 is 1.60 bits per heavy atom. The highest BCUT2D eigenvalue weighted by atomic mass is 16.5. The zero-order valence-corrected chi connectivity index (χ0v) is 8.52. The van der Waals surface area contributed by atoms with Crippen LogP contribution >= 0.6 is 0 Å². The summed E-state index contributed by atoms with van der Waals surface area (Å²) < 4.78 is 4.58. The molecule has 0 spiro atoms. The van der Waals surface area contributed by atoms with Gasteiger partial charge in [0.2, 0.25) is 0 Å². The van der Waals surface area contributed by atoms with Crippen LogP contribution in [0.4, 0.5) is 0 Å². The summed E-state index contributed by atoms with van der Waals surface area (Å²) in [6.07, 6.45) is 1.07. The molecule has 5 nitrogen and oxygen atoms in total. The van der Waals surface area contributed by atoms with Gasteiger partial charge in [0.05, 0.1) is 12.5 Å². The van der Waals surface area contributed by atoms with Crippen LogP contribution in [0.1, 0.15) is 13.3 Å². The van der Waals surface area contributed by atoms with Crippen molar-refractivity contribution in [2.75, 3.05) is 6.61 Å². The van der Waals surface area contributed by atoms with Gasteiger partial charge >= 0.3 is 11.9 Å². The van der Waals surface area contributed by atoms with Gasteiger partial charge < -0.3 is 9.84 Å². The molecular formula is C10H13NO4. The number of nitrogens with zero attached hydrogens (tertiary/aromatic N) is 1. The molecule has 0 unspecified atom stereocenters. The number of ether oxygens (including phenoxy) is 1. The Hall–Kier alpha value is -2.09. The van der Waals surface area contributed by atoms with Gasteiger partial charge in [0, 0.05) is 11.6 Å². The molecule has 82 valence electrons. The number of carbonyl (C=O) groups excluding carboxylic acids is 1. The smallest absolute Gasteiger partial charge is 0.333 e.